The molecular formula is C14H21N. The van der Waals surface area contributed by atoms with Crippen LogP contribution in [0.1, 0.15) is 25.3 Å². The van der Waals surface area contributed by atoms with Gasteiger partial charge >= 0.3 is 0 Å². The van der Waals surface area contributed by atoms with E-state index in [0.717, 1.165) is 17.9 Å². The molecule has 1 fully saturated rings. The quantitative estimate of drug-likeness (QED) is 0.776. The van der Waals surface area contributed by atoms with Crippen LogP contribution in [0.3, 0.4) is 0 Å². The Balaban J connectivity index is 1.81. The average Bonchev–Trinajstić information content (AvgIpc) is 2.98. The monoisotopic (exact) mass is 203 g/mol. The van der Waals surface area contributed by atoms with E-state index in [4.69, 9.17) is 0 Å². The maximum atomic E-state index is 3.46. The van der Waals surface area contributed by atoms with Crippen LogP contribution in [0.4, 0.5) is 0 Å². The highest BCUT2D eigenvalue weighted by molar-refractivity contribution is 5.15. The Morgan fingerprint density at radius 2 is 2.00 bits per heavy atom. The average molecular weight is 203 g/mol. The second kappa shape index (κ2) is 4.80. The molecule has 15 heavy (non-hydrogen) atoms. The molecule has 0 saturated heterocycles. The molecule has 1 nitrogen and oxygen atoms in total. The first-order valence-electron chi connectivity index (χ1n) is 6.02. The molecule has 82 valence electrons. The fourth-order valence-corrected chi connectivity index (χ4v) is 2.45. The summed E-state index contributed by atoms with van der Waals surface area (Å²) in [5.74, 6) is 1.87. The zero-order chi connectivity index (χ0) is 10.7. The summed E-state index contributed by atoms with van der Waals surface area (Å²) in [5, 5.41) is 3.46. The maximum absolute atomic E-state index is 3.46. The normalized spacial score (nSPS) is 26.3. The van der Waals surface area contributed by atoms with E-state index < -0.39 is 0 Å². The van der Waals surface area contributed by atoms with Crippen LogP contribution in [0.25, 0.3) is 0 Å². The highest BCUT2D eigenvalue weighted by atomic mass is 14.9. The van der Waals surface area contributed by atoms with Gasteiger partial charge in [-0.3, -0.25) is 0 Å². The third kappa shape index (κ3) is 2.82. The van der Waals surface area contributed by atoms with Crippen LogP contribution in [0.2, 0.25) is 0 Å². The first-order chi connectivity index (χ1) is 7.31. The Bertz CT molecular complexity index is 293. The molecule has 0 aromatic heterocycles. The minimum Gasteiger partial charge on any atom is -0.317 e. The standard InChI is InChI=1S/C14H21N/c1-11-10-13(11)14(15-2)9-8-12-6-4-3-5-7-12/h3-7,11,13-15H,8-10H2,1-2H3. The highest BCUT2D eigenvalue weighted by Crippen LogP contribution is 2.41. The van der Waals surface area contributed by atoms with E-state index in [0.29, 0.717) is 0 Å². The summed E-state index contributed by atoms with van der Waals surface area (Å²) >= 11 is 0. The van der Waals surface area contributed by atoms with Gasteiger partial charge in [0.2, 0.25) is 0 Å². The number of nitrogens with one attached hydrogen (secondary N) is 1. The lowest BCUT2D eigenvalue weighted by atomic mass is 10.0. The zero-order valence-corrected chi connectivity index (χ0v) is 9.74. The van der Waals surface area contributed by atoms with Gasteiger partial charge in [-0.1, -0.05) is 37.3 Å². The molecule has 0 bridgehead atoms. The SMILES string of the molecule is CNC(CCc1ccccc1)C1CC1C. The van der Waals surface area contributed by atoms with Crippen LogP contribution in [0.5, 0.6) is 0 Å². The molecule has 1 saturated carbocycles. The second-order valence-corrected chi connectivity index (χ2v) is 4.80. The topological polar surface area (TPSA) is 12.0 Å². The van der Waals surface area contributed by atoms with Crippen molar-refractivity contribution in [1.29, 1.82) is 0 Å². The lowest BCUT2D eigenvalue weighted by Crippen LogP contribution is -2.28. The van der Waals surface area contributed by atoms with Gasteiger partial charge < -0.3 is 5.32 Å². The highest BCUT2D eigenvalue weighted by Gasteiger charge is 2.38. The molecule has 1 aliphatic carbocycles. The maximum Gasteiger partial charge on any atom is 0.00981 e. The third-order valence-electron chi connectivity index (χ3n) is 3.65. The lowest BCUT2D eigenvalue weighted by Gasteiger charge is -2.15. The lowest BCUT2D eigenvalue weighted by molar-refractivity contribution is 0.452. The molecule has 0 spiro atoms. The molecule has 1 aliphatic rings. The van der Waals surface area contributed by atoms with E-state index in [1.54, 1.807) is 0 Å². The van der Waals surface area contributed by atoms with Crippen molar-refractivity contribution in [1.82, 2.24) is 5.32 Å². The van der Waals surface area contributed by atoms with E-state index in [1.165, 1.54) is 24.8 Å². The van der Waals surface area contributed by atoms with Crippen molar-refractivity contribution in [3.63, 3.8) is 0 Å². The van der Waals surface area contributed by atoms with E-state index in [9.17, 15) is 0 Å². The Morgan fingerprint density at radius 3 is 2.53 bits per heavy atom. The molecule has 3 atom stereocenters. The van der Waals surface area contributed by atoms with Crippen molar-refractivity contribution >= 4 is 0 Å². The molecule has 1 N–H and O–H groups in total. The third-order valence-corrected chi connectivity index (χ3v) is 3.65. The van der Waals surface area contributed by atoms with Gasteiger partial charge in [-0.05, 0) is 43.7 Å². The molecule has 0 radical (unpaired) electrons. The fourth-order valence-electron chi connectivity index (χ4n) is 2.45. The van der Waals surface area contributed by atoms with E-state index in [1.807, 2.05) is 0 Å². The predicted molar refractivity (Wildman–Crippen MR) is 64.9 cm³/mol. The Morgan fingerprint density at radius 1 is 1.33 bits per heavy atom. The number of hydrogen-bond acceptors (Lipinski definition) is 1. The number of rotatable bonds is 5. The van der Waals surface area contributed by atoms with Gasteiger partial charge in [0.05, 0.1) is 0 Å². The smallest absolute Gasteiger partial charge is 0.00981 e. The van der Waals surface area contributed by atoms with E-state index in [-0.39, 0.29) is 0 Å². The molecule has 0 aliphatic heterocycles. The number of hydrogen-bond donors (Lipinski definition) is 1. The zero-order valence-electron chi connectivity index (χ0n) is 9.74. The number of aryl methyl sites for hydroxylation is 1. The van der Waals surface area contributed by atoms with Crippen LogP contribution in [0.15, 0.2) is 30.3 Å². The number of benzene rings is 1. The second-order valence-electron chi connectivity index (χ2n) is 4.80. The van der Waals surface area contributed by atoms with Crippen LogP contribution < -0.4 is 5.32 Å². The summed E-state index contributed by atoms with van der Waals surface area (Å²) in [7, 11) is 2.10. The van der Waals surface area contributed by atoms with Crippen molar-refractivity contribution in [2.45, 2.75) is 32.2 Å². The minimum absolute atomic E-state index is 0.722. The van der Waals surface area contributed by atoms with Crippen molar-refractivity contribution in [2.75, 3.05) is 7.05 Å². The van der Waals surface area contributed by atoms with Crippen molar-refractivity contribution < 1.29 is 0 Å². The fraction of sp³-hybridized carbons (Fsp3) is 0.571. The van der Waals surface area contributed by atoms with Gasteiger partial charge in [-0.2, -0.15) is 0 Å². The van der Waals surface area contributed by atoms with Gasteiger partial charge in [-0.15, -0.1) is 0 Å². The van der Waals surface area contributed by atoms with Crippen molar-refractivity contribution in [3.05, 3.63) is 35.9 Å². The van der Waals surface area contributed by atoms with Crippen LogP contribution >= 0.6 is 0 Å². The minimum atomic E-state index is 0.722. The summed E-state index contributed by atoms with van der Waals surface area (Å²) in [6.07, 6.45) is 3.89. The summed E-state index contributed by atoms with van der Waals surface area (Å²) in [6, 6.07) is 11.5. The van der Waals surface area contributed by atoms with Crippen LogP contribution in [0, 0.1) is 11.8 Å². The van der Waals surface area contributed by atoms with Gasteiger partial charge in [0.15, 0.2) is 0 Å². The van der Waals surface area contributed by atoms with Gasteiger partial charge in [0.25, 0.3) is 0 Å². The summed E-state index contributed by atoms with van der Waals surface area (Å²) in [6.45, 7) is 2.36. The first kappa shape index (κ1) is 10.7. The summed E-state index contributed by atoms with van der Waals surface area (Å²) in [5.41, 5.74) is 1.46. The van der Waals surface area contributed by atoms with Gasteiger partial charge in [-0.25, -0.2) is 0 Å². The molecule has 3 unspecified atom stereocenters. The molecular weight excluding hydrogens is 182 g/mol. The Labute approximate surface area is 92.9 Å². The molecule has 1 heteroatoms. The van der Waals surface area contributed by atoms with Crippen molar-refractivity contribution in [3.8, 4) is 0 Å². The first-order valence-corrected chi connectivity index (χ1v) is 6.02. The molecule has 1 aromatic rings. The summed E-state index contributed by atoms with van der Waals surface area (Å²) in [4.78, 5) is 0. The largest absolute Gasteiger partial charge is 0.317 e. The molecule has 1 aromatic carbocycles. The van der Waals surface area contributed by atoms with Crippen molar-refractivity contribution in [2.24, 2.45) is 11.8 Å². The van der Waals surface area contributed by atoms with Crippen LogP contribution in [-0.2, 0) is 6.42 Å². The van der Waals surface area contributed by atoms with Gasteiger partial charge in [0, 0.05) is 6.04 Å². The molecule has 0 heterocycles. The Hall–Kier alpha value is -0.820. The predicted octanol–water partition coefficient (Wildman–Crippen LogP) is 2.86. The van der Waals surface area contributed by atoms with E-state index >= 15 is 0 Å². The molecule has 2 rings (SSSR count). The van der Waals surface area contributed by atoms with E-state index in [2.05, 4.69) is 49.6 Å². The van der Waals surface area contributed by atoms with Gasteiger partial charge in [0.1, 0.15) is 0 Å². The molecule has 0 amide bonds. The summed E-state index contributed by atoms with van der Waals surface area (Å²) < 4.78 is 0. The Kier molecular flexibility index (Phi) is 3.42. The van der Waals surface area contributed by atoms with Crippen LogP contribution in [-0.4, -0.2) is 13.1 Å².